The second-order valence-electron chi connectivity index (χ2n) is 9.96. The van der Waals surface area contributed by atoms with Crippen LogP contribution in [0.1, 0.15) is 26.0 Å². The Bertz CT molecular complexity index is 1120. The van der Waals surface area contributed by atoms with Crippen molar-refractivity contribution in [1.29, 1.82) is 0 Å². The van der Waals surface area contributed by atoms with Crippen molar-refractivity contribution in [3.63, 3.8) is 0 Å². The van der Waals surface area contributed by atoms with E-state index >= 15 is 0 Å². The molecular formula is C27H35N7OS. The number of benzene rings is 1. The number of aromatic nitrogens is 2. The highest BCUT2D eigenvalue weighted by atomic mass is 32.1. The number of hydrogen-bond acceptors (Lipinski definition) is 7. The zero-order chi connectivity index (χ0) is 24.9. The van der Waals surface area contributed by atoms with E-state index in [-0.39, 0.29) is 0 Å². The first kappa shape index (κ1) is 24.4. The summed E-state index contributed by atoms with van der Waals surface area (Å²) in [5.41, 5.74) is 1.27. The first-order valence-corrected chi connectivity index (χ1v) is 13.2. The van der Waals surface area contributed by atoms with Crippen LogP contribution in [0.15, 0.2) is 59.2 Å². The number of piperidine rings is 1. The van der Waals surface area contributed by atoms with Gasteiger partial charge < -0.3 is 29.8 Å². The van der Waals surface area contributed by atoms with Gasteiger partial charge in [0.15, 0.2) is 5.11 Å². The normalized spacial score (nSPS) is 20.3. The van der Waals surface area contributed by atoms with Crippen LogP contribution < -0.4 is 25.3 Å². The highest BCUT2D eigenvalue weighted by molar-refractivity contribution is 7.80. The molecule has 2 saturated heterocycles. The molecule has 2 atom stereocenters. The van der Waals surface area contributed by atoms with Crippen LogP contribution in [0.2, 0.25) is 0 Å². The van der Waals surface area contributed by atoms with Gasteiger partial charge in [-0.15, -0.1) is 0 Å². The molecule has 3 aromatic rings. The van der Waals surface area contributed by atoms with Gasteiger partial charge in [-0.3, -0.25) is 0 Å². The third-order valence-electron chi connectivity index (χ3n) is 6.85. The molecule has 2 aliphatic heterocycles. The van der Waals surface area contributed by atoms with Gasteiger partial charge in [0.05, 0.1) is 12.8 Å². The topological polar surface area (TPSA) is 72.7 Å². The number of furan rings is 1. The molecule has 2 aromatic heterocycles. The first-order valence-electron chi connectivity index (χ1n) is 12.8. The van der Waals surface area contributed by atoms with Crippen LogP contribution >= 0.6 is 12.2 Å². The van der Waals surface area contributed by atoms with Crippen LogP contribution in [-0.4, -0.2) is 54.3 Å². The van der Waals surface area contributed by atoms with Crippen molar-refractivity contribution < 1.29 is 4.42 Å². The fourth-order valence-electron chi connectivity index (χ4n) is 5.21. The first-order chi connectivity index (χ1) is 17.5. The lowest BCUT2D eigenvalue weighted by atomic mass is 9.92. The Labute approximate surface area is 218 Å². The number of rotatable bonds is 6. The number of nitrogens with zero attached hydrogens (tertiary/aromatic N) is 5. The maximum absolute atomic E-state index is 5.54. The van der Waals surface area contributed by atoms with Crippen molar-refractivity contribution in [1.82, 2.24) is 15.3 Å². The summed E-state index contributed by atoms with van der Waals surface area (Å²) in [7, 11) is 0. The van der Waals surface area contributed by atoms with Gasteiger partial charge in [0.1, 0.15) is 17.4 Å². The predicted molar refractivity (Wildman–Crippen MR) is 150 cm³/mol. The summed E-state index contributed by atoms with van der Waals surface area (Å²) >= 11 is 5.54. The number of para-hydroxylation sites is 1. The van der Waals surface area contributed by atoms with Gasteiger partial charge in [0.25, 0.3) is 0 Å². The zero-order valence-electron chi connectivity index (χ0n) is 21.1. The van der Waals surface area contributed by atoms with E-state index in [1.54, 1.807) is 6.26 Å². The number of piperazine rings is 1. The molecule has 0 aliphatic carbocycles. The van der Waals surface area contributed by atoms with Gasteiger partial charge in [0.2, 0.25) is 5.95 Å². The number of thiocarbonyl (C=S) groups is 1. The molecule has 2 N–H and O–H groups in total. The molecular weight excluding hydrogens is 470 g/mol. The van der Waals surface area contributed by atoms with Crippen molar-refractivity contribution in [2.45, 2.75) is 26.8 Å². The molecule has 2 fully saturated rings. The lowest BCUT2D eigenvalue weighted by Gasteiger charge is -2.38. The molecule has 0 bridgehead atoms. The smallest absolute Gasteiger partial charge is 0.232 e. The van der Waals surface area contributed by atoms with Gasteiger partial charge in [-0.2, -0.15) is 9.97 Å². The largest absolute Gasteiger partial charge is 0.467 e. The molecule has 4 heterocycles. The van der Waals surface area contributed by atoms with Crippen molar-refractivity contribution in [2.75, 3.05) is 59.3 Å². The van der Waals surface area contributed by atoms with Crippen molar-refractivity contribution in [3.05, 3.63) is 60.6 Å². The third kappa shape index (κ3) is 6.07. The van der Waals surface area contributed by atoms with Crippen LogP contribution in [0.5, 0.6) is 0 Å². The Morgan fingerprint density at radius 1 is 0.917 bits per heavy atom. The summed E-state index contributed by atoms with van der Waals surface area (Å²) in [5.74, 6) is 4.51. The van der Waals surface area contributed by atoms with Crippen molar-refractivity contribution in [3.8, 4) is 0 Å². The number of nitrogens with one attached hydrogen (secondary N) is 2. The van der Waals surface area contributed by atoms with Gasteiger partial charge in [0, 0.05) is 51.0 Å². The quantitative estimate of drug-likeness (QED) is 0.475. The van der Waals surface area contributed by atoms with Crippen molar-refractivity contribution >= 4 is 40.6 Å². The monoisotopic (exact) mass is 505 g/mol. The number of hydrogen-bond donors (Lipinski definition) is 2. The second-order valence-corrected chi connectivity index (χ2v) is 10.4. The van der Waals surface area contributed by atoms with Crippen LogP contribution in [0, 0.1) is 11.8 Å². The fraction of sp³-hybridized carbons (Fsp3) is 0.444. The molecule has 0 saturated carbocycles. The fourth-order valence-corrected chi connectivity index (χ4v) is 5.37. The van der Waals surface area contributed by atoms with Crippen LogP contribution in [0.4, 0.5) is 23.3 Å². The Morgan fingerprint density at radius 2 is 1.58 bits per heavy atom. The molecule has 190 valence electrons. The van der Waals surface area contributed by atoms with Gasteiger partial charge in [-0.1, -0.05) is 32.0 Å². The average Bonchev–Trinajstić information content (AvgIpc) is 3.41. The predicted octanol–water partition coefficient (Wildman–Crippen LogP) is 4.37. The van der Waals surface area contributed by atoms with Crippen molar-refractivity contribution in [2.24, 2.45) is 11.8 Å². The van der Waals surface area contributed by atoms with Crippen LogP contribution in [0.25, 0.3) is 0 Å². The lowest BCUT2D eigenvalue weighted by Crippen LogP contribution is -2.47. The maximum Gasteiger partial charge on any atom is 0.232 e. The third-order valence-corrected chi connectivity index (χ3v) is 7.09. The Morgan fingerprint density at radius 3 is 2.25 bits per heavy atom. The minimum atomic E-state index is 0.476. The lowest BCUT2D eigenvalue weighted by molar-refractivity contribution is 0.355. The summed E-state index contributed by atoms with van der Waals surface area (Å²) < 4.78 is 5.39. The van der Waals surface area contributed by atoms with E-state index < -0.39 is 0 Å². The van der Waals surface area contributed by atoms with E-state index in [0.29, 0.717) is 29.4 Å². The summed E-state index contributed by atoms with van der Waals surface area (Å²) in [4.78, 5) is 16.9. The minimum Gasteiger partial charge on any atom is -0.467 e. The molecule has 1 aromatic carbocycles. The van der Waals surface area contributed by atoms with E-state index in [4.69, 9.17) is 26.6 Å². The molecule has 2 aliphatic rings. The minimum absolute atomic E-state index is 0.476. The van der Waals surface area contributed by atoms with Gasteiger partial charge >= 0.3 is 0 Å². The van der Waals surface area contributed by atoms with E-state index in [2.05, 4.69) is 75.6 Å². The second kappa shape index (κ2) is 11.2. The average molecular weight is 506 g/mol. The summed E-state index contributed by atoms with van der Waals surface area (Å²) in [6, 6.07) is 16.5. The summed E-state index contributed by atoms with van der Waals surface area (Å²) in [6.07, 6.45) is 2.91. The van der Waals surface area contributed by atoms with Gasteiger partial charge in [-0.25, -0.2) is 0 Å². The summed E-state index contributed by atoms with van der Waals surface area (Å²) in [5, 5.41) is 6.87. The highest BCUT2D eigenvalue weighted by Crippen LogP contribution is 2.29. The van der Waals surface area contributed by atoms with Crippen LogP contribution in [0.3, 0.4) is 0 Å². The molecule has 0 amide bonds. The molecule has 0 unspecified atom stereocenters. The molecule has 9 heteroatoms. The Kier molecular flexibility index (Phi) is 7.55. The van der Waals surface area contributed by atoms with E-state index in [0.717, 1.165) is 56.7 Å². The molecule has 0 radical (unpaired) electrons. The molecule has 36 heavy (non-hydrogen) atoms. The van der Waals surface area contributed by atoms with E-state index in [1.165, 1.54) is 12.1 Å². The standard InChI is InChI=1S/C27H35N7OS/c1-20-15-21(2)19-34(18-20)25-16-24(33-12-10-32(11-13-33)22-7-4-3-5-8-22)29-26(30-25)31-27(36)28-17-23-9-6-14-35-23/h3-9,14,16,20-21H,10-13,15,17-19H2,1-2H3,(H2,28,29,30,31,36)/t20-,21-/m0/s1. The zero-order valence-corrected chi connectivity index (χ0v) is 21.9. The molecule has 0 spiro atoms. The SMILES string of the molecule is C[C@H]1C[C@H](C)CN(c2cc(N3CCN(c4ccccc4)CC3)nc(NC(=S)NCc3ccco3)n2)C1. The Balaban J connectivity index is 1.33. The highest BCUT2D eigenvalue weighted by Gasteiger charge is 2.25. The Hall–Kier alpha value is -3.33. The van der Waals surface area contributed by atoms with Crippen LogP contribution in [-0.2, 0) is 6.54 Å². The molecule has 8 nitrogen and oxygen atoms in total. The molecule has 5 rings (SSSR count). The number of anilines is 4. The van der Waals surface area contributed by atoms with E-state index in [1.807, 2.05) is 12.1 Å². The summed E-state index contributed by atoms with van der Waals surface area (Å²) in [6.45, 7) is 10.9. The van der Waals surface area contributed by atoms with E-state index in [9.17, 15) is 0 Å². The maximum atomic E-state index is 5.54. The van der Waals surface area contributed by atoms with Gasteiger partial charge in [-0.05, 0) is 54.7 Å².